The van der Waals surface area contributed by atoms with Crippen LogP contribution in [0.15, 0.2) is 49.2 Å². The first kappa shape index (κ1) is 18.0. The molecule has 7 nitrogen and oxygen atoms in total. The first-order chi connectivity index (χ1) is 14.3. The number of morpholine rings is 1. The lowest BCUT2D eigenvalue weighted by Crippen LogP contribution is -2.41. The van der Waals surface area contributed by atoms with Crippen LogP contribution < -0.4 is 0 Å². The second kappa shape index (κ2) is 7.75. The summed E-state index contributed by atoms with van der Waals surface area (Å²) in [4.78, 5) is 28.1. The lowest BCUT2D eigenvalue weighted by Gasteiger charge is -2.27. The van der Waals surface area contributed by atoms with Gasteiger partial charge in [-0.05, 0) is 37.0 Å². The van der Waals surface area contributed by atoms with Gasteiger partial charge in [0.25, 0.3) is 5.91 Å². The number of hydrogen-bond acceptors (Lipinski definition) is 5. The summed E-state index contributed by atoms with van der Waals surface area (Å²) in [5, 5.41) is 0. The van der Waals surface area contributed by atoms with Gasteiger partial charge in [-0.15, -0.1) is 0 Å². The maximum absolute atomic E-state index is 13.1. The average molecular weight is 389 g/mol. The number of amides is 1. The van der Waals surface area contributed by atoms with Crippen LogP contribution >= 0.6 is 0 Å². The Labute approximate surface area is 169 Å². The molecule has 3 aromatic heterocycles. The normalized spacial score (nSPS) is 16.8. The molecule has 1 amide bonds. The molecule has 7 heteroatoms. The van der Waals surface area contributed by atoms with Crippen LogP contribution in [0, 0.1) is 5.92 Å². The van der Waals surface area contributed by atoms with E-state index in [-0.39, 0.29) is 5.91 Å². The molecule has 1 aliphatic carbocycles. The second-order valence-electron chi connectivity index (χ2n) is 7.65. The number of carbonyl (C=O) groups is 1. The highest BCUT2D eigenvalue weighted by Crippen LogP contribution is 2.33. The quantitative estimate of drug-likeness (QED) is 0.671. The third-order valence-corrected chi connectivity index (χ3v) is 5.47. The van der Waals surface area contributed by atoms with E-state index in [0.717, 1.165) is 28.9 Å². The van der Waals surface area contributed by atoms with E-state index in [0.29, 0.717) is 38.0 Å². The molecule has 0 radical (unpaired) electrons. The zero-order valence-electron chi connectivity index (χ0n) is 16.2. The minimum absolute atomic E-state index is 0.0769. The number of hydrogen-bond donors (Lipinski definition) is 0. The highest BCUT2D eigenvalue weighted by Gasteiger charge is 2.27. The molecule has 0 aromatic carbocycles. The van der Waals surface area contributed by atoms with Gasteiger partial charge in [-0.2, -0.15) is 0 Å². The Morgan fingerprint density at radius 2 is 1.86 bits per heavy atom. The monoisotopic (exact) mass is 389 g/mol. The van der Waals surface area contributed by atoms with Gasteiger partial charge in [0.2, 0.25) is 0 Å². The van der Waals surface area contributed by atoms with Crippen LogP contribution in [0.2, 0.25) is 0 Å². The molecule has 29 heavy (non-hydrogen) atoms. The summed E-state index contributed by atoms with van der Waals surface area (Å²) in [5.41, 5.74) is 3.50. The molecule has 4 heterocycles. The van der Waals surface area contributed by atoms with Crippen LogP contribution in [0.3, 0.4) is 0 Å². The highest BCUT2D eigenvalue weighted by atomic mass is 16.5. The van der Waals surface area contributed by atoms with Crippen molar-refractivity contribution in [2.75, 3.05) is 26.3 Å². The summed E-state index contributed by atoms with van der Waals surface area (Å²) in [7, 11) is 0. The largest absolute Gasteiger partial charge is 0.378 e. The molecule has 1 saturated heterocycles. The summed E-state index contributed by atoms with van der Waals surface area (Å²) < 4.78 is 7.50. The van der Waals surface area contributed by atoms with Crippen molar-refractivity contribution in [3.8, 4) is 22.5 Å². The number of aromatic nitrogens is 4. The molecular formula is C22H23N5O2. The van der Waals surface area contributed by atoms with Crippen molar-refractivity contribution < 1.29 is 9.53 Å². The standard InChI is InChI=1S/C22H23N5O2/c28-22(26-6-8-29-9-7-26)20-10-18(15-27(20)14-16-3-4-16)19-12-24-21(25-13-19)17-2-1-5-23-11-17/h1-2,5,10-13,15-16H,3-4,6-9,14H2. The van der Waals surface area contributed by atoms with Gasteiger partial charge in [-0.25, -0.2) is 9.97 Å². The van der Waals surface area contributed by atoms with Gasteiger partial charge in [0.1, 0.15) is 5.69 Å². The lowest BCUT2D eigenvalue weighted by atomic mass is 10.1. The van der Waals surface area contributed by atoms with E-state index in [4.69, 9.17) is 4.74 Å². The van der Waals surface area contributed by atoms with E-state index in [1.54, 1.807) is 12.4 Å². The molecule has 5 rings (SSSR count). The molecular weight excluding hydrogens is 366 g/mol. The fraction of sp³-hybridized carbons (Fsp3) is 0.364. The number of pyridine rings is 1. The molecule has 0 N–H and O–H groups in total. The van der Waals surface area contributed by atoms with E-state index >= 15 is 0 Å². The van der Waals surface area contributed by atoms with E-state index in [2.05, 4.69) is 25.7 Å². The van der Waals surface area contributed by atoms with Gasteiger partial charge in [0.15, 0.2) is 5.82 Å². The Morgan fingerprint density at radius 3 is 2.55 bits per heavy atom. The third-order valence-electron chi connectivity index (χ3n) is 5.47. The van der Waals surface area contributed by atoms with Crippen molar-refractivity contribution in [1.82, 2.24) is 24.4 Å². The van der Waals surface area contributed by atoms with E-state index < -0.39 is 0 Å². The SMILES string of the molecule is O=C(c1cc(-c2cnc(-c3cccnc3)nc2)cn1CC1CC1)N1CCOCC1. The lowest BCUT2D eigenvalue weighted by molar-refractivity contribution is 0.0295. The third kappa shape index (κ3) is 3.91. The Balaban J connectivity index is 1.43. The summed E-state index contributed by atoms with van der Waals surface area (Å²) in [6, 6.07) is 5.78. The molecule has 2 fully saturated rings. The van der Waals surface area contributed by atoms with E-state index in [9.17, 15) is 4.79 Å². The van der Waals surface area contributed by atoms with Crippen molar-refractivity contribution in [2.24, 2.45) is 5.92 Å². The van der Waals surface area contributed by atoms with Crippen LogP contribution in [-0.2, 0) is 11.3 Å². The molecule has 0 atom stereocenters. The van der Waals surface area contributed by atoms with Crippen LogP contribution in [0.4, 0.5) is 0 Å². The van der Waals surface area contributed by atoms with E-state index in [1.807, 2.05) is 35.5 Å². The summed E-state index contributed by atoms with van der Waals surface area (Å²) in [6.45, 7) is 3.38. The maximum Gasteiger partial charge on any atom is 0.270 e. The number of nitrogens with zero attached hydrogens (tertiary/aromatic N) is 5. The predicted molar refractivity (Wildman–Crippen MR) is 108 cm³/mol. The van der Waals surface area contributed by atoms with E-state index in [1.165, 1.54) is 12.8 Å². The Hall–Kier alpha value is -3.06. The first-order valence-electron chi connectivity index (χ1n) is 10.1. The topological polar surface area (TPSA) is 73.1 Å². The number of ether oxygens (including phenoxy) is 1. The van der Waals surface area contributed by atoms with Gasteiger partial charge < -0.3 is 14.2 Å². The second-order valence-corrected chi connectivity index (χ2v) is 7.65. The Kier molecular flexibility index (Phi) is 4.81. The fourth-order valence-electron chi connectivity index (χ4n) is 3.63. The van der Waals surface area contributed by atoms with Crippen molar-refractivity contribution >= 4 is 5.91 Å². The molecule has 0 bridgehead atoms. The van der Waals surface area contributed by atoms with Crippen molar-refractivity contribution in [2.45, 2.75) is 19.4 Å². The van der Waals surface area contributed by atoms with Crippen LogP contribution in [-0.4, -0.2) is 56.6 Å². The van der Waals surface area contributed by atoms with Crippen molar-refractivity contribution in [3.63, 3.8) is 0 Å². The Bertz CT molecular complexity index is 990. The van der Waals surface area contributed by atoms with Crippen molar-refractivity contribution in [3.05, 3.63) is 54.9 Å². The number of rotatable bonds is 5. The smallest absolute Gasteiger partial charge is 0.270 e. The van der Waals surface area contributed by atoms with Crippen LogP contribution in [0.25, 0.3) is 22.5 Å². The molecule has 2 aliphatic rings. The Morgan fingerprint density at radius 1 is 1.07 bits per heavy atom. The molecule has 148 valence electrons. The van der Waals surface area contributed by atoms with Gasteiger partial charge in [0, 0.05) is 67.3 Å². The van der Waals surface area contributed by atoms with Gasteiger partial charge in [-0.3, -0.25) is 9.78 Å². The average Bonchev–Trinajstić information content (AvgIpc) is 3.51. The zero-order valence-corrected chi connectivity index (χ0v) is 16.2. The zero-order chi connectivity index (χ0) is 19.6. The molecule has 1 aliphatic heterocycles. The first-order valence-corrected chi connectivity index (χ1v) is 10.1. The summed E-state index contributed by atoms with van der Waals surface area (Å²) in [6.07, 6.45) is 11.6. The predicted octanol–water partition coefficient (Wildman–Crippen LogP) is 2.89. The highest BCUT2D eigenvalue weighted by molar-refractivity contribution is 5.94. The minimum atomic E-state index is 0.0769. The fourth-order valence-corrected chi connectivity index (χ4v) is 3.63. The minimum Gasteiger partial charge on any atom is -0.378 e. The van der Waals surface area contributed by atoms with Crippen molar-refractivity contribution in [1.29, 1.82) is 0 Å². The van der Waals surface area contributed by atoms with Crippen LogP contribution in [0.1, 0.15) is 23.3 Å². The van der Waals surface area contributed by atoms with Gasteiger partial charge in [-0.1, -0.05) is 0 Å². The summed E-state index contributed by atoms with van der Waals surface area (Å²) in [5.74, 6) is 1.40. The van der Waals surface area contributed by atoms with Gasteiger partial charge >= 0.3 is 0 Å². The molecule has 0 unspecified atom stereocenters. The molecule has 3 aromatic rings. The number of carbonyl (C=O) groups excluding carboxylic acids is 1. The van der Waals surface area contributed by atoms with Crippen LogP contribution in [0.5, 0.6) is 0 Å². The maximum atomic E-state index is 13.1. The van der Waals surface area contributed by atoms with Gasteiger partial charge in [0.05, 0.1) is 13.2 Å². The molecule has 1 saturated carbocycles. The summed E-state index contributed by atoms with van der Waals surface area (Å²) >= 11 is 0. The molecule has 0 spiro atoms.